The van der Waals surface area contributed by atoms with Crippen LogP contribution in [0.25, 0.3) is 0 Å². The van der Waals surface area contributed by atoms with E-state index in [1.54, 1.807) is 0 Å². The molecule has 0 aromatic heterocycles. The van der Waals surface area contributed by atoms with Gasteiger partial charge >= 0.3 is 5.96 Å². The topological polar surface area (TPSA) is 52.0 Å². The molecule has 0 saturated heterocycles. The first-order valence-electron chi connectivity index (χ1n) is 8.27. The van der Waals surface area contributed by atoms with Crippen molar-refractivity contribution in [2.45, 2.75) is 58.4 Å². The smallest absolute Gasteiger partial charge is 0.291 e. The average molecular weight is 274 g/mol. The van der Waals surface area contributed by atoms with Gasteiger partial charge in [0.25, 0.3) is 0 Å². The quantitative estimate of drug-likeness (QED) is 0.679. The summed E-state index contributed by atoms with van der Waals surface area (Å²) in [4.78, 5) is 3.44. The summed E-state index contributed by atoms with van der Waals surface area (Å²) >= 11 is 0. The molecule has 0 unspecified atom stereocenters. The summed E-state index contributed by atoms with van der Waals surface area (Å²) in [6, 6.07) is 0.558. The second-order valence-corrected chi connectivity index (χ2v) is 6.70. The zero-order chi connectivity index (χ0) is 14.1. The van der Waals surface area contributed by atoms with Crippen LogP contribution in [0.5, 0.6) is 0 Å². The molecule has 0 radical (unpaired) electrons. The Bertz CT molecular complexity index is 461. The molecule has 4 atom stereocenters. The third kappa shape index (κ3) is 2.38. The lowest BCUT2D eigenvalue weighted by Gasteiger charge is -2.35. The summed E-state index contributed by atoms with van der Waals surface area (Å²) in [7, 11) is 0. The Kier molecular flexibility index (Phi) is 3.86. The van der Waals surface area contributed by atoms with Gasteiger partial charge in [-0.2, -0.15) is 0 Å². The highest BCUT2D eigenvalue weighted by Gasteiger charge is 2.47. The Morgan fingerprint density at radius 1 is 1.40 bits per heavy atom. The highest BCUT2D eigenvalue weighted by Crippen LogP contribution is 2.46. The van der Waals surface area contributed by atoms with Crippen LogP contribution in [0.4, 0.5) is 0 Å². The van der Waals surface area contributed by atoms with Gasteiger partial charge in [0.2, 0.25) is 0 Å². The van der Waals surface area contributed by atoms with Crippen LogP contribution in [0, 0.1) is 17.8 Å². The first-order chi connectivity index (χ1) is 9.70. The Morgan fingerprint density at radius 2 is 2.25 bits per heavy atom. The maximum atomic E-state index is 6.05. The molecular formula is C17H28N3+. The molecule has 20 heavy (non-hydrogen) atoms. The Morgan fingerprint density at radius 3 is 3.05 bits per heavy atom. The standard InChI is InChI=1S/C17H27N3/c1-3-4-5-6-7-13-11(2)10-12-8-9-14-15(12)16(13)20-17(18)19-14/h6-7,11-12,14-15H,3-5,8-10H2,1-2H3,(H3,18,19,20)/p+1/b7-6+/t11-,12-,14-,15+/m0/s1. The fourth-order valence-electron chi connectivity index (χ4n) is 4.31. The van der Waals surface area contributed by atoms with E-state index < -0.39 is 0 Å². The third-order valence-corrected chi connectivity index (χ3v) is 5.25. The van der Waals surface area contributed by atoms with Crippen LogP contribution in [0.15, 0.2) is 23.4 Å². The Labute approximate surface area is 122 Å². The monoisotopic (exact) mass is 274 g/mol. The summed E-state index contributed by atoms with van der Waals surface area (Å²) in [5.74, 6) is 2.90. The van der Waals surface area contributed by atoms with Gasteiger partial charge in [-0.1, -0.05) is 38.8 Å². The third-order valence-electron chi connectivity index (χ3n) is 5.25. The van der Waals surface area contributed by atoms with E-state index in [9.17, 15) is 0 Å². The van der Waals surface area contributed by atoms with Crippen molar-refractivity contribution < 1.29 is 4.99 Å². The van der Waals surface area contributed by atoms with E-state index in [-0.39, 0.29) is 0 Å². The van der Waals surface area contributed by atoms with Gasteiger partial charge in [-0.05, 0) is 43.1 Å². The van der Waals surface area contributed by atoms with Crippen molar-refractivity contribution in [2.75, 3.05) is 0 Å². The van der Waals surface area contributed by atoms with Gasteiger partial charge in [0.1, 0.15) is 0 Å². The summed E-state index contributed by atoms with van der Waals surface area (Å²) in [5, 5.41) is 3.45. The van der Waals surface area contributed by atoms with Gasteiger partial charge in [0.05, 0.1) is 17.7 Å². The molecule has 0 aromatic rings. The molecule has 1 fully saturated rings. The number of nitrogens with two attached hydrogens (primary N) is 1. The minimum absolute atomic E-state index is 0.558. The Balaban J connectivity index is 1.89. The van der Waals surface area contributed by atoms with Crippen LogP contribution in [-0.4, -0.2) is 12.0 Å². The molecule has 3 aliphatic rings. The minimum atomic E-state index is 0.558. The fourth-order valence-corrected chi connectivity index (χ4v) is 4.31. The Hall–Kier alpha value is -1.25. The van der Waals surface area contributed by atoms with Gasteiger partial charge in [0.15, 0.2) is 0 Å². The summed E-state index contributed by atoms with van der Waals surface area (Å²) in [6.45, 7) is 4.62. The lowest BCUT2D eigenvalue weighted by molar-refractivity contribution is -0.516. The van der Waals surface area contributed by atoms with Crippen LogP contribution in [0.3, 0.4) is 0 Å². The van der Waals surface area contributed by atoms with Gasteiger partial charge < -0.3 is 0 Å². The van der Waals surface area contributed by atoms with Crippen molar-refractivity contribution in [1.29, 1.82) is 0 Å². The normalized spacial score (nSPS) is 36.0. The van der Waals surface area contributed by atoms with Crippen molar-refractivity contribution >= 4 is 5.96 Å². The molecule has 1 aliphatic heterocycles. The molecule has 1 heterocycles. The number of unbranched alkanes of at least 4 members (excludes halogenated alkanes) is 2. The number of guanidine groups is 1. The molecule has 3 heteroatoms. The number of allylic oxidation sites excluding steroid dienone is 3. The predicted octanol–water partition coefficient (Wildman–Crippen LogP) is 1.42. The molecule has 0 spiro atoms. The molecule has 0 aromatic carbocycles. The minimum Gasteiger partial charge on any atom is -0.291 e. The fraction of sp³-hybridized carbons (Fsp3) is 0.706. The van der Waals surface area contributed by atoms with E-state index in [1.165, 1.54) is 49.8 Å². The number of hydrogen-bond donors (Lipinski definition) is 3. The summed E-state index contributed by atoms with van der Waals surface area (Å²) in [5.41, 5.74) is 8.96. The van der Waals surface area contributed by atoms with Crippen molar-refractivity contribution in [2.24, 2.45) is 23.5 Å². The lowest BCUT2D eigenvalue weighted by atomic mass is 9.73. The van der Waals surface area contributed by atoms with E-state index in [0.29, 0.717) is 17.9 Å². The molecule has 3 rings (SSSR count). The maximum absolute atomic E-state index is 6.05. The maximum Gasteiger partial charge on any atom is 0.346 e. The first-order valence-corrected chi connectivity index (χ1v) is 8.27. The highest BCUT2D eigenvalue weighted by molar-refractivity contribution is 5.75. The number of nitrogens with one attached hydrogen (secondary N) is 2. The van der Waals surface area contributed by atoms with E-state index in [0.717, 1.165) is 11.9 Å². The van der Waals surface area contributed by atoms with Crippen molar-refractivity contribution in [3.63, 3.8) is 0 Å². The van der Waals surface area contributed by atoms with Gasteiger partial charge in [-0.15, -0.1) is 0 Å². The first kappa shape index (κ1) is 13.7. The zero-order valence-corrected chi connectivity index (χ0v) is 12.8. The molecule has 4 N–H and O–H groups in total. The van der Waals surface area contributed by atoms with Crippen molar-refractivity contribution in [3.05, 3.63) is 23.4 Å². The molecule has 0 amide bonds. The van der Waals surface area contributed by atoms with E-state index >= 15 is 0 Å². The number of hydrogen-bond acceptors (Lipinski definition) is 2. The largest absolute Gasteiger partial charge is 0.346 e. The summed E-state index contributed by atoms with van der Waals surface area (Å²) in [6.07, 6.45) is 12.4. The second-order valence-electron chi connectivity index (χ2n) is 6.70. The van der Waals surface area contributed by atoms with Crippen molar-refractivity contribution in [3.8, 4) is 0 Å². The van der Waals surface area contributed by atoms with Gasteiger partial charge in [-0.25, -0.2) is 5.32 Å². The molecule has 3 nitrogen and oxygen atoms in total. The van der Waals surface area contributed by atoms with E-state index in [4.69, 9.17) is 5.73 Å². The van der Waals surface area contributed by atoms with Gasteiger partial charge in [-0.3, -0.25) is 10.7 Å². The molecular weight excluding hydrogens is 246 g/mol. The molecule has 110 valence electrons. The number of rotatable bonds is 4. The lowest BCUT2D eigenvalue weighted by Crippen LogP contribution is -2.88. The van der Waals surface area contributed by atoms with E-state index in [1.807, 2.05) is 0 Å². The van der Waals surface area contributed by atoms with Crippen LogP contribution in [0.2, 0.25) is 0 Å². The highest BCUT2D eigenvalue weighted by atomic mass is 15.2. The molecule has 1 saturated carbocycles. The molecule has 2 aliphatic carbocycles. The summed E-state index contributed by atoms with van der Waals surface area (Å²) < 4.78 is 0. The second kappa shape index (κ2) is 5.63. The zero-order valence-electron chi connectivity index (χ0n) is 12.8. The molecule has 0 bridgehead atoms. The van der Waals surface area contributed by atoms with Crippen LogP contribution in [0.1, 0.15) is 52.4 Å². The van der Waals surface area contributed by atoms with Gasteiger partial charge in [0, 0.05) is 0 Å². The predicted molar refractivity (Wildman–Crippen MR) is 82.8 cm³/mol. The average Bonchev–Trinajstić information content (AvgIpc) is 2.80. The van der Waals surface area contributed by atoms with Crippen LogP contribution in [-0.2, 0) is 0 Å². The van der Waals surface area contributed by atoms with E-state index in [2.05, 4.69) is 36.3 Å². The van der Waals surface area contributed by atoms with Crippen molar-refractivity contribution in [1.82, 2.24) is 5.32 Å². The SMILES string of the molecule is CCCC/C=C/C1=C2NC(N)=[NH+][C@H]3CC[C@@H](C[C@@H]1C)[C@@H]23. The van der Waals surface area contributed by atoms with Crippen LogP contribution < -0.4 is 16.0 Å². The van der Waals surface area contributed by atoms with Crippen LogP contribution >= 0.6 is 0 Å².